The molecule has 4 N–H and O–H groups in total. The molecule has 1 saturated carbocycles. The zero-order chi connectivity index (χ0) is 43.0. The fourth-order valence-electron chi connectivity index (χ4n) is 8.03. The number of anilines is 2. The van der Waals surface area contributed by atoms with Crippen LogP contribution in [-0.4, -0.2) is 84.9 Å². The highest BCUT2D eigenvalue weighted by Gasteiger charge is 2.70. The van der Waals surface area contributed by atoms with Crippen LogP contribution in [0.2, 0.25) is 0 Å². The van der Waals surface area contributed by atoms with Gasteiger partial charge < -0.3 is 30.3 Å². The first-order valence-electron chi connectivity index (χ1n) is 20.5. The lowest BCUT2D eigenvalue weighted by Crippen LogP contribution is -2.58. The molecule has 16 heteroatoms. The first-order valence-corrected chi connectivity index (χ1v) is 22.9. The third-order valence-corrected chi connectivity index (χ3v) is 13.5. The number of hydrogen-bond acceptors (Lipinski definition) is 12. The zero-order valence-electron chi connectivity index (χ0n) is 35.3. The largest absolute Gasteiger partial charge is 0.497 e. The predicted octanol–water partition coefficient (Wildman–Crippen LogP) is 6.89. The van der Waals surface area contributed by atoms with Crippen LogP contribution in [0.3, 0.4) is 0 Å². The molecule has 2 aromatic carbocycles. The number of hydrogen-bond donors (Lipinski definition) is 4. The number of nitrogens with zero attached hydrogens (tertiary/aromatic N) is 3. The van der Waals surface area contributed by atoms with Crippen LogP contribution < -0.4 is 30.1 Å². The average molecular weight is 858 g/mol. The third-order valence-electron chi connectivity index (χ3n) is 11.4. The minimum absolute atomic E-state index is 0.0574. The van der Waals surface area contributed by atoms with E-state index in [1.54, 1.807) is 46.1 Å². The van der Waals surface area contributed by atoms with E-state index in [0.717, 1.165) is 30.8 Å². The van der Waals surface area contributed by atoms with Crippen molar-refractivity contribution in [2.75, 3.05) is 30.8 Å². The normalized spacial score (nSPS) is 24.8. The van der Waals surface area contributed by atoms with Crippen LogP contribution in [0.15, 0.2) is 71.0 Å². The number of fused-ring (bicyclic) bond motifs is 3. The van der Waals surface area contributed by atoms with Gasteiger partial charge in [-0.3, -0.25) is 14.4 Å². The summed E-state index contributed by atoms with van der Waals surface area (Å²) in [6.45, 7) is 12.0. The minimum atomic E-state index is -4.35. The standard InChI is InChI=1S/C44H55N7O7S2/c1-27(2)46-41-48-34(25-59-41)33-23-36(30-18-17-28(57-7)21-32(30)47-33)58-29-22-35(51(24-29)40(54)42(3,4)5)38(52)49-44-26-43(44,6)19-13-9-8-10-14-20-45-31-15-11-12-16-37(31)60(55,56)50-39(44)53/h11-13,15-19,21,23,25,27,29,35,45H,8-10,14,20,22,24,26H2,1-7H3,(H,46,48)(H,49,52)(H,50,53)/b19-13-/t29-,35+,43-,44+/m1/s1. The summed E-state index contributed by atoms with van der Waals surface area (Å²) in [5.41, 5.74) is -1.09. The quantitative estimate of drug-likeness (QED) is 0.136. The smallest absolute Gasteiger partial charge is 0.266 e. The zero-order valence-corrected chi connectivity index (χ0v) is 36.9. The molecule has 0 bridgehead atoms. The van der Waals surface area contributed by atoms with Crippen molar-refractivity contribution in [1.82, 2.24) is 24.9 Å². The van der Waals surface area contributed by atoms with E-state index in [-0.39, 0.29) is 36.2 Å². The first-order chi connectivity index (χ1) is 28.4. The molecule has 4 atom stereocenters. The van der Waals surface area contributed by atoms with Gasteiger partial charge in [0, 0.05) is 52.7 Å². The molecule has 2 aliphatic heterocycles. The Morgan fingerprint density at radius 3 is 2.58 bits per heavy atom. The van der Waals surface area contributed by atoms with Gasteiger partial charge in [0.25, 0.3) is 15.9 Å². The fourth-order valence-corrected chi connectivity index (χ4v) is 10.1. The molecule has 3 amide bonds. The van der Waals surface area contributed by atoms with Gasteiger partial charge in [-0.15, -0.1) is 11.3 Å². The second-order valence-corrected chi connectivity index (χ2v) is 20.0. The van der Waals surface area contributed by atoms with Crippen LogP contribution >= 0.6 is 11.3 Å². The van der Waals surface area contributed by atoms with Crippen molar-refractivity contribution in [2.45, 2.75) is 109 Å². The average Bonchev–Trinajstić information content (AvgIpc) is 3.48. The lowest BCUT2D eigenvalue weighted by atomic mass is 9.94. The Labute approximate surface area is 356 Å². The monoisotopic (exact) mass is 857 g/mol. The highest BCUT2D eigenvalue weighted by molar-refractivity contribution is 7.90. The second-order valence-electron chi connectivity index (χ2n) is 17.5. The molecular weight excluding hydrogens is 803 g/mol. The van der Waals surface area contributed by atoms with E-state index < -0.39 is 50.4 Å². The Bertz CT molecular complexity index is 2430. The number of benzene rings is 2. The summed E-state index contributed by atoms with van der Waals surface area (Å²) >= 11 is 1.47. The lowest BCUT2D eigenvalue weighted by molar-refractivity contribution is -0.145. The molecular formula is C44H55N7O7S2. The van der Waals surface area contributed by atoms with E-state index in [0.29, 0.717) is 46.0 Å². The summed E-state index contributed by atoms with van der Waals surface area (Å²) < 4.78 is 42.3. The van der Waals surface area contributed by atoms with Crippen LogP contribution in [0.4, 0.5) is 10.8 Å². The maximum Gasteiger partial charge on any atom is 0.266 e. The summed E-state index contributed by atoms with van der Waals surface area (Å²) in [5.74, 6) is -0.558. The maximum atomic E-state index is 14.7. The van der Waals surface area contributed by atoms with Gasteiger partial charge in [0.2, 0.25) is 11.8 Å². The van der Waals surface area contributed by atoms with Crippen molar-refractivity contribution in [3.05, 3.63) is 66.1 Å². The summed E-state index contributed by atoms with van der Waals surface area (Å²) in [4.78, 5) is 54.3. The molecule has 3 aliphatic rings. The number of pyridine rings is 1. The molecule has 0 radical (unpaired) electrons. The summed E-state index contributed by atoms with van der Waals surface area (Å²) in [6, 6.07) is 13.0. The Morgan fingerprint density at radius 2 is 1.83 bits per heavy atom. The number of thiazole rings is 1. The van der Waals surface area contributed by atoms with Crippen molar-refractivity contribution in [1.29, 1.82) is 0 Å². The second kappa shape index (κ2) is 16.7. The predicted molar refractivity (Wildman–Crippen MR) is 234 cm³/mol. The summed E-state index contributed by atoms with van der Waals surface area (Å²) in [6.07, 6.45) is 7.02. The topological polar surface area (TPSA) is 181 Å². The number of carbonyl (C=O) groups is 3. The van der Waals surface area contributed by atoms with E-state index >= 15 is 0 Å². The molecule has 1 aliphatic carbocycles. The van der Waals surface area contributed by atoms with Crippen LogP contribution in [0, 0.1) is 10.8 Å². The number of aromatic nitrogens is 2. The van der Waals surface area contributed by atoms with Crippen LogP contribution in [0.1, 0.15) is 80.1 Å². The van der Waals surface area contributed by atoms with Gasteiger partial charge in [0.15, 0.2) is 5.13 Å². The highest BCUT2D eigenvalue weighted by atomic mass is 32.2. The molecule has 7 rings (SSSR count). The number of rotatable bonds is 8. The number of nitrogens with one attached hydrogen (secondary N) is 4. The van der Waals surface area contributed by atoms with Gasteiger partial charge in [-0.1, -0.05) is 58.4 Å². The van der Waals surface area contributed by atoms with Crippen LogP contribution in [-0.2, 0) is 24.4 Å². The van der Waals surface area contributed by atoms with Crippen molar-refractivity contribution in [3.8, 4) is 22.9 Å². The highest BCUT2D eigenvalue weighted by Crippen LogP contribution is 2.58. The van der Waals surface area contributed by atoms with Crippen LogP contribution in [0.5, 0.6) is 11.5 Å². The van der Waals surface area contributed by atoms with Gasteiger partial charge in [-0.25, -0.2) is 23.1 Å². The Kier molecular flexibility index (Phi) is 11.9. The van der Waals surface area contributed by atoms with Crippen molar-refractivity contribution >= 4 is 60.8 Å². The Morgan fingerprint density at radius 1 is 1.05 bits per heavy atom. The maximum absolute atomic E-state index is 14.7. The molecule has 0 spiro atoms. The Hall–Kier alpha value is -5.22. The molecule has 2 fully saturated rings. The van der Waals surface area contributed by atoms with E-state index in [1.807, 2.05) is 62.6 Å². The van der Waals surface area contributed by atoms with Crippen LogP contribution in [0.25, 0.3) is 22.3 Å². The molecule has 60 heavy (non-hydrogen) atoms. The molecule has 2 aromatic heterocycles. The van der Waals surface area contributed by atoms with Crippen molar-refractivity contribution < 1.29 is 32.3 Å². The molecule has 4 heterocycles. The van der Waals surface area contributed by atoms with Crippen molar-refractivity contribution in [3.63, 3.8) is 0 Å². The number of allylic oxidation sites excluding steroid dienone is 1. The van der Waals surface area contributed by atoms with Gasteiger partial charge in [0.1, 0.15) is 39.8 Å². The summed E-state index contributed by atoms with van der Waals surface area (Å²) in [7, 11) is -2.77. The number of amides is 3. The van der Waals surface area contributed by atoms with E-state index in [2.05, 4.69) is 20.7 Å². The van der Waals surface area contributed by atoms with Gasteiger partial charge >= 0.3 is 0 Å². The Balaban J connectivity index is 1.20. The lowest BCUT2D eigenvalue weighted by Gasteiger charge is -2.31. The fraction of sp³-hybridized carbons (Fsp3) is 0.477. The van der Waals surface area contributed by atoms with Gasteiger partial charge in [-0.2, -0.15) is 0 Å². The number of ether oxygens (including phenoxy) is 2. The van der Waals surface area contributed by atoms with E-state index in [9.17, 15) is 22.8 Å². The third kappa shape index (κ3) is 8.80. The van der Waals surface area contributed by atoms with Gasteiger partial charge in [-0.05, 0) is 63.8 Å². The van der Waals surface area contributed by atoms with Crippen molar-refractivity contribution in [2.24, 2.45) is 10.8 Å². The van der Waals surface area contributed by atoms with E-state index in [4.69, 9.17) is 19.4 Å². The number of carbonyl (C=O) groups excluding carboxylic acids is 3. The number of likely N-dealkylation sites (tertiary alicyclic amines) is 1. The number of methoxy groups -OCH3 is 1. The first kappa shape index (κ1) is 42.9. The van der Waals surface area contributed by atoms with Gasteiger partial charge in [0.05, 0.1) is 30.6 Å². The molecule has 320 valence electrons. The SMILES string of the molecule is COc1ccc2c(O[C@@H]3C[C@@H](C(=O)N[C@]45C[C@@]4(C)/C=C\CCCCCNc4ccccc4S(=O)(=O)NC5=O)N(C(=O)C(C)(C)C)C3)cc(-c3csc(NC(C)C)n3)nc2c1. The van der Waals surface area contributed by atoms with E-state index in [1.165, 1.54) is 22.3 Å². The minimum Gasteiger partial charge on any atom is -0.497 e. The number of sulfonamides is 1. The molecule has 0 unspecified atom stereocenters. The number of para-hydroxylation sites is 1. The molecule has 14 nitrogen and oxygen atoms in total. The summed E-state index contributed by atoms with van der Waals surface area (Å²) in [5, 5.41) is 12.9. The molecule has 4 aromatic rings. The molecule has 1 saturated heterocycles.